The van der Waals surface area contributed by atoms with Gasteiger partial charge in [-0.2, -0.15) is 26.4 Å². The van der Waals surface area contributed by atoms with Crippen LogP contribution in [0.4, 0.5) is 0 Å². The quantitative estimate of drug-likeness (QED) is 0.0242. The van der Waals surface area contributed by atoms with Crippen molar-refractivity contribution in [1.29, 1.82) is 0 Å². The second-order valence-electron chi connectivity index (χ2n) is 21.9. The van der Waals surface area contributed by atoms with Gasteiger partial charge in [0.25, 0.3) is 0 Å². The number of hydrogen-bond donors (Lipinski definition) is 18. The number of nitrogens with one attached hydrogen (secondary N) is 4. The van der Waals surface area contributed by atoms with Crippen LogP contribution in [0.1, 0.15) is 19.3 Å². The van der Waals surface area contributed by atoms with Gasteiger partial charge >= 0.3 is 236 Å². The van der Waals surface area contributed by atoms with E-state index >= 15 is 0 Å². The fourth-order valence-electron chi connectivity index (χ4n) is 10.6. The van der Waals surface area contributed by atoms with E-state index in [9.17, 15) is 86.8 Å². The molecule has 8 saturated heterocycles. The van der Waals surface area contributed by atoms with E-state index in [0.717, 1.165) is 39.3 Å². The Labute approximate surface area is 724 Å². The zero-order valence-electron chi connectivity index (χ0n) is 54.2. The van der Waals surface area contributed by atoms with E-state index in [1.807, 2.05) is 0 Å². The van der Waals surface area contributed by atoms with Crippen LogP contribution in [-0.4, -0.2) is 347 Å². The van der Waals surface area contributed by atoms with Crippen LogP contribution in [0.15, 0.2) is 0 Å². The van der Waals surface area contributed by atoms with Crippen molar-refractivity contribution in [2.24, 2.45) is 5.73 Å². The molecule has 8 aliphatic heterocycles. The molecule has 0 amide bonds. The van der Waals surface area contributed by atoms with Gasteiger partial charge in [0.2, 0.25) is 0 Å². The predicted octanol–water partition coefficient (Wildman–Crippen LogP) is -33.8. The smallest absolute Gasteiger partial charge is 0.668 e. The summed E-state index contributed by atoms with van der Waals surface area (Å²) in [4.78, 5) is 0. The standard InChI is InChI=1S/C49H81N5O33.8Na/c50-4-2-1-3-5-72-46-35(68)27(60)18(10-73-46)82-43-23(52)32(65)39(15(7-56)78-43)86-48-37(70)29(62)20(12-75-48)84-45-25(54)34(67)41(17(9-58)80-45)87-49-38(71)30(63)21(13-76-49)83-44-24(53)33(66)40(16(8-57)79-44)85-47-36(69)28(61)19(11-74-47)81-42-22(51)31(64)26(59)14(6-55)77-42;;;;;;;;/h10-49,51-71H,1-9,50H2;;;;;;;;/q-8;8*+1/t14?,15?,16?,17?,18-,19-,20-,21-,22?,23?,24?,25?,26-,27-,28-,29-,30-,31-,32-,33-,34-,35?,36?,37?,38?,39-,40-,41-,42-,43+,44-,45-,46-,47+,48+,49+;;;;;;;;/m1......../s1. The Bertz CT molecular complexity index is 2080. The summed E-state index contributed by atoms with van der Waals surface area (Å²) in [5.41, 5.74) is 39.6. The molecular weight excluding hydrogens is 1370 g/mol. The molecule has 0 aromatic heterocycles. The van der Waals surface area contributed by atoms with Gasteiger partial charge in [-0.3, -0.25) is 0 Å². The zero-order valence-corrected chi connectivity index (χ0v) is 70.2. The topological polar surface area (TPSA) is 613 Å². The molecule has 95 heavy (non-hydrogen) atoms. The fraction of sp³-hybridized carbons (Fsp3) is 0.918. The van der Waals surface area contributed by atoms with Crippen LogP contribution >= 0.6 is 0 Å². The second kappa shape index (κ2) is 48.3. The second-order valence-corrected chi connectivity index (χ2v) is 21.9. The third-order valence-corrected chi connectivity index (χ3v) is 15.9. The van der Waals surface area contributed by atoms with E-state index in [0.29, 0.717) is 13.0 Å². The summed E-state index contributed by atoms with van der Waals surface area (Å²) in [6.45, 7) is 0.678. The molecule has 0 aromatic rings. The van der Waals surface area contributed by atoms with Gasteiger partial charge in [0.05, 0.1) is 75.3 Å². The van der Waals surface area contributed by atoms with Crippen molar-refractivity contribution in [1.82, 2.24) is 0 Å². The SMILES string of the molecule is [NH-]C1[C@@H](O[C@@H]2[CH-]O[C@@H](O[C@@H]3C(CO)O[C@H](O[C@@H]4[CH-]O[C@@H](O[C@@H]5C(CO)O[C@H](O[C@@H]6[CH-]O[C@@H](O[C@@H]7C(CO)O[C@@H](O[C@@H]8[CH-]O[C@@H](OCCCCCN)C(O)[C@@H]8O)C([NH-])[C@H]7O)C(O)[C@@H]6O)C([NH-])[C@H]5O)C(O)[C@@H]4O)C([NH-])[C@H]3O)C(O)[C@@H]2O)OC(CO)[C@@H](O)[C@@H]1O.[Na+].[Na+].[Na+].[Na+].[Na+].[Na+].[Na+].[Na+]. The third kappa shape index (κ3) is 25.0. The van der Waals surface area contributed by atoms with Crippen molar-refractivity contribution in [3.05, 3.63) is 49.4 Å². The summed E-state index contributed by atoms with van der Waals surface area (Å²) in [5.74, 6) is 0. The molecule has 0 radical (unpaired) electrons. The van der Waals surface area contributed by atoms with E-state index < -0.39 is 247 Å². The van der Waals surface area contributed by atoms with Crippen LogP contribution in [0.3, 0.4) is 0 Å². The molecule has 0 spiro atoms. The van der Waals surface area contributed by atoms with Gasteiger partial charge in [0.1, 0.15) is 98.4 Å². The first-order valence-corrected chi connectivity index (χ1v) is 28.1. The van der Waals surface area contributed by atoms with Crippen LogP contribution < -0.4 is 242 Å². The molecule has 23 N–H and O–H groups in total. The van der Waals surface area contributed by atoms with Crippen LogP contribution in [-0.2, 0) is 75.8 Å². The first kappa shape index (κ1) is 101. The first-order chi connectivity index (χ1) is 41.5. The average Bonchev–Trinajstić information content (AvgIpc) is 0.820. The van der Waals surface area contributed by atoms with Gasteiger partial charge in [-0.25, -0.2) is 0 Å². The Balaban J connectivity index is 0.0000110. The molecular formula is C49H81N5Na8O33. The van der Waals surface area contributed by atoms with Crippen LogP contribution in [0.25, 0.3) is 22.9 Å². The van der Waals surface area contributed by atoms with Crippen molar-refractivity contribution in [3.8, 4) is 0 Å². The van der Waals surface area contributed by atoms with E-state index in [2.05, 4.69) is 0 Å². The normalized spacial score (nSPS) is 46.8. The van der Waals surface area contributed by atoms with Crippen molar-refractivity contribution < 1.29 is 399 Å². The van der Waals surface area contributed by atoms with Crippen molar-refractivity contribution in [2.75, 3.05) is 39.6 Å². The number of aliphatic hydroxyl groups is 17. The molecule has 36 atom stereocenters. The Hall–Kier alpha value is 6.48. The van der Waals surface area contributed by atoms with Crippen molar-refractivity contribution in [3.63, 3.8) is 0 Å². The molecule has 8 heterocycles. The van der Waals surface area contributed by atoms with Gasteiger partial charge < -0.3 is 191 Å². The fourth-order valence-corrected chi connectivity index (χ4v) is 10.6. The number of rotatable bonds is 24. The zero-order chi connectivity index (χ0) is 63.3. The van der Waals surface area contributed by atoms with E-state index in [1.54, 1.807) is 0 Å². The number of aliphatic hydroxyl groups excluding tert-OH is 17. The summed E-state index contributed by atoms with van der Waals surface area (Å²) in [6, 6.07) is -7.02. The molecule has 8 rings (SSSR count). The molecule has 12 unspecified atom stereocenters. The largest absolute Gasteiger partial charge is 1.00 e. The van der Waals surface area contributed by atoms with E-state index in [-0.39, 0.29) is 243 Å². The summed E-state index contributed by atoms with van der Waals surface area (Å²) < 4.78 is 89.3. The average molecular weight is 1450 g/mol. The molecule has 0 aromatic carbocycles. The Morgan fingerprint density at radius 3 is 0.842 bits per heavy atom. The minimum Gasteiger partial charge on any atom is -0.668 e. The first-order valence-electron chi connectivity index (χ1n) is 28.1. The minimum atomic E-state index is -2.07. The van der Waals surface area contributed by atoms with Crippen LogP contribution in [0, 0.1) is 26.4 Å². The Morgan fingerprint density at radius 2 is 0.558 bits per heavy atom. The molecule has 8 aliphatic rings. The summed E-state index contributed by atoms with van der Waals surface area (Å²) in [7, 11) is 0. The summed E-state index contributed by atoms with van der Waals surface area (Å²) in [6.07, 6.45) is -53.0. The van der Waals surface area contributed by atoms with E-state index in [1.165, 1.54) is 0 Å². The van der Waals surface area contributed by atoms with E-state index in [4.69, 9.17) is 104 Å². The maximum absolute atomic E-state index is 11.3. The summed E-state index contributed by atoms with van der Waals surface area (Å²) >= 11 is 0. The van der Waals surface area contributed by atoms with Gasteiger partial charge in [-0.1, -0.05) is 24.2 Å². The molecule has 0 bridgehead atoms. The maximum Gasteiger partial charge on any atom is 1.00 e. The Kier molecular flexibility index (Phi) is 51.6. The molecule has 0 saturated carbocycles. The predicted molar refractivity (Wildman–Crippen MR) is 273 cm³/mol. The molecule has 46 heteroatoms. The van der Waals surface area contributed by atoms with Gasteiger partial charge in [0, 0.05) is 6.61 Å². The number of nitrogens with two attached hydrogens (primary N) is 1. The molecule has 0 aliphatic carbocycles. The molecule has 8 fully saturated rings. The van der Waals surface area contributed by atoms with Crippen molar-refractivity contribution in [2.45, 2.75) is 240 Å². The van der Waals surface area contributed by atoms with Crippen molar-refractivity contribution >= 4 is 0 Å². The van der Waals surface area contributed by atoms with Crippen LogP contribution in [0.2, 0.25) is 0 Å². The molecule has 508 valence electrons. The number of ether oxygens (including phenoxy) is 16. The molecule has 38 nitrogen and oxygen atoms in total. The van der Waals surface area contributed by atoms with Gasteiger partial charge in [-0.15, -0.1) is 0 Å². The van der Waals surface area contributed by atoms with Gasteiger partial charge in [0.15, 0.2) is 25.2 Å². The monoisotopic (exact) mass is 1450 g/mol. The Morgan fingerprint density at radius 1 is 0.295 bits per heavy atom. The maximum atomic E-state index is 11.3. The third-order valence-electron chi connectivity index (χ3n) is 15.9. The van der Waals surface area contributed by atoms with Crippen LogP contribution in [0.5, 0.6) is 0 Å². The van der Waals surface area contributed by atoms with Gasteiger partial charge in [-0.05, 0) is 50.2 Å². The number of unbranched alkanes of at least 4 members (excludes halogenated alkanes) is 2. The summed E-state index contributed by atoms with van der Waals surface area (Å²) in [5, 5.41) is 182. The minimum absolute atomic E-state index is 0. The number of hydrogen-bond acceptors (Lipinski definition) is 34.